The molecule has 3 rings (SSSR count). The smallest absolute Gasteiger partial charge is 0.255 e. The molecule has 4 heteroatoms. The second kappa shape index (κ2) is 7.01. The third-order valence-corrected chi connectivity index (χ3v) is 4.75. The Bertz CT molecular complexity index is 737. The highest BCUT2D eigenvalue weighted by molar-refractivity contribution is 9.10. The van der Waals surface area contributed by atoms with Crippen molar-refractivity contribution in [1.82, 2.24) is 4.90 Å². The Morgan fingerprint density at radius 3 is 2.48 bits per heavy atom. The molecular formula is C19H18BrNO2. The Morgan fingerprint density at radius 1 is 1.13 bits per heavy atom. The van der Waals surface area contributed by atoms with Crippen LogP contribution in [-0.2, 0) is 0 Å². The Labute approximate surface area is 144 Å². The predicted molar refractivity (Wildman–Crippen MR) is 95.6 cm³/mol. The van der Waals surface area contributed by atoms with Crippen LogP contribution >= 0.6 is 15.9 Å². The van der Waals surface area contributed by atoms with E-state index >= 15 is 0 Å². The number of nitrogens with zero attached hydrogens (tertiary/aromatic N) is 1. The first kappa shape index (κ1) is 15.8. The average molecular weight is 372 g/mol. The molecule has 0 bridgehead atoms. The van der Waals surface area contributed by atoms with Gasteiger partial charge < -0.3 is 9.64 Å². The summed E-state index contributed by atoms with van der Waals surface area (Å²) in [5.41, 5.74) is 3.19. The molecule has 2 aromatic rings. The van der Waals surface area contributed by atoms with Crippen LogP contribution in [0.3, 0.4) is 0 Å². The van der Waals surface area contributed by atoms with Gasteiger partial charge >= 0.3 is 0 Å². The van der Waals surface area contributed by atoms with E-state index < -0.39 is 0 Å². The molecule has 1 amide bonds. The zero-order valence-corrected chi connectivity index (χ0v) is 14.5. The summed E-state index contributed by atoms with van der Waals surface area (Å²) in [6, 6.07) is 15.6. The zero-order valence-electron chi connectivity index (χ0n) is 13.0. The van der Waals surface area contributed by atoms with Gasteiger partial charge in [0.1, 0.15) is 5.75 Å². The monoisotopic (exact) mass is 371 g/mol. The van der Waals surface area contributed by atoms with Crippen molar-refractivity contribution < 1.29 is 9.53 Å². The van der Waals surface area contributed by atoms with E-state index in [9.17, 15) is 4.79 Å². The number of rotatable bonds is 3. The van der Waals surface area contributed by atoms with Crippen molar-refractivity contribution in [3.05, 3.63) is 70.2 Å². The molecule has 0 N–H and O–H groups in total. The maximum atomic E-state index is 12.6. The van der Waals surface area contributed by atoms with Crippen LogP contribution in [0.2, 0.25) is 0 Å². The number of amides is 1. The molecule has 0 radical (unpaired) electrons. The lowest BCUT2D eigenvalue weighted by molar-refractivity contribution is 0.0772. The molecule has 0 atom stereocenters. The van der Waals surface area contributed by atoms with E-state index in [4.69, 9.17) is 4.74 Å². The molecule has 0 aromatic heterocycles. The van der Waals surface area contributed by atoms with Crippen LogP contribution in [0.15, 0.2) is 59.1 Å². The number of halogens is 1. The van der Waals surface area contributed by atoms with E-state index in [1.54, 1.807) is 7.11 Å². The van der Waals surface area contributed by atoms with Gasteiger partial charge in [0, 0.05) is 17.6 Å². The number of benzene rings is 2. The highest BCUT2D eigenvalue weighted by Crippen LogP contribution is 2.26. The van der Waals surface area contributed by atoms with Gasteiger partial charge in [0.2, 0.25) is 0 Å². The van der Waals surface area contributed by atoms with E-state index in [-0.39, 0.29) is 5.91 Å². The fraction of sp³-hybridized carbons (Fsp3) is 0.211. The summed E-state index contributed by atoms with van der Waals surface area (Å²) in [6.45, 7) is 1.37. The molecule has 0 aliphatic carbocycles. The number of ether oxygens (including phenoxy) is 1. The van der Waals surface area contributed by atoms with Crippen molar-refractivity contribution in [1.29, 1.82) is 0 Å². The van der Waals surface area contributed by atoms with Crippen LogP contribution in [0, 0.1) is 0 Å². The average Bonchev–Trinajstić information content (AvgIpc) is 2.62. The molecule has 0 saturated heterocycles. The van der Waals surface area contributed by atoms with Gasteiger partial charge in [-0.05, 0) is 57.8 Å². The Balaban J connectivity index is 1.72. The van der Waals surface area contributed by atoms with Crippen molar-refractivity contribution in [3.63, 3.8) is 0 Å². The van der Waals surface area contributed by atoms with E-state index in [1.807, 2.05) is 41.3 Å². The van der Waals surface area contributed by atoms with Crippen LogP contribution in [-0.4, -0.2) is 31.0 Å². The lowest BCUT2D eigenvalue weighted by Gasteiger charge is -2.27. The van der Waals surface area contributed by atoms with Crippen LogP contribution in [0.1, 0.15) is 22.3 Å². The van der Waals surface area contributed by atoms with Gasteiger partial charge in [-0.3, -0.25) is 4.79 Å². The fourth-order valence-corrected chi connectivity index (χ4v) is 3.18. The van der Waals surface area contributed by atoms with Gasteiger partial charge in [0.05, 0.1) is 12.7 Å². The van der Waals surface area contributed by atoms with Gasteiger partial charge in [-0.15, -0.1) is 0 Å². The normalized spacial score (nSPS) is 14.3. The maximum absolute atomic E-state index is 12.6. The van der Waals surface area contributed by atoms with Gasteiger partial charge in [-0.25, -0.2) is 0 Å². The van der Waals surface area contributed by atoms with E-state index in [2.05, 4.69) is 34.1 Å². The lowest BCUT2D eigenvalue weighted by Crippen LogP contribution is -2.34. The summed E-state index contributed by atoms with van der Waals surface area (Å²) < 4.78 is 6.03. The maximum Gasteiger partial charge on any atom is 0.255 e. The second-order valence-corrected chi connectivity index (χ2v) is 6.29. The summed E-state index contributed by atoms with van der Waals surface area (Å²) in [7, 11) is 1.67. The minimum absolute atomic E-state index is 0.0718. The zero-order chi connectivity index (χ0) is 16.2. The SMILES string of the molecule is COc1ccc(C2=CCN(C(=O)c3ccccc3Br)CC2)cc1. The lowest BCUT2D eigenvalue weighted by atomic mass is 9.99. The number of carbonyl (C=O) groups excluding carboxylic acids is 1. The van der Waals surface area contributed by atoms with E-state index in [1.165, 1.54) is 11.1 Å². The van der Waals surface area contributed by atoms with Crippen LogP contribution in [0.25, 0.3) is 5.57 Å². The summed E-state index contributed by atoms with van der Waals surface area (Å²) in [5, 5.41) is 0. The Kier molecular flexibility index (Phi) is 4.82. The van der Waals surface area contributed by atoms with Crippen LogP contribution in [0.4, 0.5) is 0 Å². The first-order chi connectivity index (χ1) is 11.2. The molecular weight excluding hydrogens is 354 g/mol. The Morgan fingerprint density at radius 2 is 1.87 bits per heavy atom. The fourth-order valence-electron chi connectivity index (χ4n) is 2.73. The molecule has 118 valence electrons. The second-order valence-electron chi connectivity index (χ2n) is 5.44. The molecule has 0 unspecified atom stereocenters. The minimum atomic E-state index is 0.0718. The number of carbonyl (C=O) groups is 1. The van der Waals surface area contributed by atoms with Gasteiger partial charge in [0.25, 0.3) is 5.91 Å². The minimum Gasteiger partial charge on any atom is -0.497 e. The standard InChI is InChI=1S/C19H18BrNO2/c1-23-16-8-6-14(7-9-16)15-10-12-21(13-11-15)19(22)17-4-2-3-5-18(17)20/h2-10H,11-13H2,1H3. The molecule has 1 heterocycles. The molecule has 1 aliphatic rings. The highest BCUT2D eigenvalue weighted by Gasteiger charge is 2.20. The summed E-state index contributed by atoms with van der Waals surface area (Å²) in [4.78, 5) is 14.5. The number of hydrogen-bond donors (Lipinski definition) is 0. The number of hydrogen-bond acceptors (Lipinski definition) is 2. The molecule has 3 nitrogen and oxygen atoms in total. The van der Waals surface area contributed by atoms with Crippen molar-refractivity contribution in [3.8, 4) is 5.75 Å². The van der Waals surface area contributed by atoms with Crippen LogP contribution < -0.4 is 4.74 Å². The van der Waals surface area contributed by atoms with E-state index in [0.717, 1.165) is 23.2 Å². The molecule has 1 aliphatic heterocycles. The molecule has 0 spiro atoms. The third kappa shape index (κ3) is 3.48. The molecule has 2 aromatic carbocycles. The third-order valence-electron chi connectivity index (χ3n) is 4.06. The predicted octanol–water partition coefficient (Wildman–Crippen LogP) is 4.39. The Hall–Kier alpha value is -2.07. The summed E-state index contributed by atoms with van der Waals surface area (Å²) >= 11 is 3.45. The van der Waals surface area contributed by atoms with Crippen molar-refractivity contribution in [2.75, 3.05) is 20.2 Å². The summed E-state index contributed by atoms with van der Waals surface area (Å²) in [5.74, 6) is 0.929. The quantitative estimate of drug-likeness (QED) is 0.800. The first-order valence-electron chi connectivity index (χ1n) is 7.56. The van der Waals surface area contributed by atoms with Gasteiger partial charge in [0.15, 0.2) is 0 Å². The van der Waals surface area contributed by atoms with Gasteiger partial charge in [-0.1, -0.05) is 30.3 Å². The number of methoxy groups -OCH3 is 1. The van der Waals surface area contributed by atoms with Crippen molar-refractivity contribution >= 4 is 27.4 Å². The molecule has 23 heavy (non-hydrogen) atoms. The summed E-state index contributed by atoms with van der Waals surface area (Å²) in [6.07, 6.45) is 3.00. The van der Waals surface area contributed by atoms with Crippen molar-refractivity contribution in [2.24, 2.45) is 0 Å². The molecule has 0 saturated carbocycles. The first-order valence-corrected chi connectivity index (χ1v) is 8.35. The highest BCUT2D eigenvalue weighted by atomic mass is 79.9. The van der Waals surface area contributed by atoms with Crippen molar-refractivity contribution in [2.45, 2.75) is 6.42 Å². The largest absolute Gasteiger partial charge is 0.497 e. The van der Waals surface area contributed by atoms with E-state index in [0.29, 0.717) is 12.1 Å². The van der Waals surface area contributed by atoms with Gasteiger partial charge in [-0.2, -0.15) is 0 Å². The topological polar surface area (TPSA) is 29.5 Å². The van der Waals surface area contributed by atoms with Crippen LogP contribution in [0.5, 0.6) is 5.75 Å². The molecule has 0 fully saturated rings.